The first-order valence-electron chi connectivity index (χ1n) is 11.7. The lowest BCUT2D eigenvalue weighted by molar-refractivity contribution is -0.384. The number of carbonyl (C=O) groups excluding carboxylic acids is 2. The molecule has 0 saturated heterocycles. The number of nitro benzene ring substituents is 1. The molecule has 0 bridgehead atoms. The van der Waals surface area contributed by atoms with Crippen molar-refractivity contribution in [2.45, 2.75) is 50.7 Å². The van der Waals surface area contributed by atoms with Crippen molar-refractivity contribution < 1.29 is 14.5 Å². The average Bonchev–Trinajstić information content (AvgIpc) is 3.49. The van der Waals surface area contributed by atoms with Crippen molar-refractivity contribution in [3.05, 3.63) is 61.8 Å². The topological polar surface area (TPSA) is 167 Å². The van der Waals surface area contributed by atoms with Crippen LogP contribution in [0.4, 0.5) is 10.7 Å². The van der Waals surface area contributed by atoms with Crippen LogP contribution in [-0.2, 0) is 17.6 Å². The molecule has 0 aliphatic heterocycles. The van der Waals surface area contributed by atoms with Gasteiger partial charge in [0.15, 0.2) is 0 Å². The second-order valence-electron chi connectivity index (χ2n) is 8.87. The number of fused-ring (bicyclic) bond motifs is 1. The number of aromatic nitrogens is 3. The zero-order valence-electron chi connectivity index (χ0n) is 20.2. The lowest BCUT2D eigenvalue weighted by atomic mass is 9.96. The van der Waals surface area contributed by atoms with E-state index in [-0.39, 0.29) is 28.8 Å². The Morgan fingerprint density at radius 1 is 1.32 bits per heavy atom. The van der Waals surface area contributed by atoms with Crippen molar-refractivity contribution >= 4 is 45.6 Å². The van der Waals surface area contributed by atoms with Crippen LogP contribution in [-0.4, -0.2) is 37.7 Å². The van der Waals surface area contributed by atoms with Crippen LogP contribution >= 0.6 is 23.1 Å². The van der Waals surface area contributed by atoms with Crippen LogP contribution in [0, 0.1) is 27.4 Å². The SMILES string of the molecule is CC(C)[C@@H](NC(=O)c1cccc([N+](=O)[O-])c1)c1nc(SCC(=O)Nc2sc3c(c2C#N)CCCC3)n[nH]1. The number of H-pyrrole nitrogens is 1. The minimum atomic E-state index is -0.555. The second kappa shape index (κ2) is 11.5. The van der Waals surface area contributed by atoms with Gasteiger partial charge in [-0.15, -0.1) is 16.4 Å². The molecule has 4 rings (SSSR count). The number of nitrogens with one attached hydrogen (secondary N) is 3. The van der Waals surface area contributed by atoms with Gasteiger partial charge in [-0.25, -0.2) is 4.98 Å². The summed E-state index contributed by atoms with van der Waals surface area (Å²) < 4.78 is 0. The predicted octanol–water partition coefficient (Wildman–Crippen LogP) is 4.38. The number of nitro groups is 1. The van der Waals surface area contributed by atoms with Gasteiger partial charge < -0.3 is 10.6 Å². The summed E-state index contributed by atoms with van der Waals surface area (Å²) in [5.41, 5.74) is 1.62. The van der Waals surface area contributed by atoms with Crippen molar-refractivity contribution in [1.82, 2.24) is 20.5 Å². The highest BCUT2D eigenvalue weighted by Crippen LogP contribution is 2.37. The number of hydrogen-bond acceptors (Lipinski definition) is 9. The number of amides is 2. The van der Waals surface area contributed by atoms with Gasteiger partial charge in [0.25, 0.3) is 11.6 Å². The van der Waals surface area contributed by atoms with E-state index in [9.17, 15) is 25.0 Å². The van der Waals surface area contributed by atoms with Gasteiger partial charge in [0, 0.05) is 22.6 Å². The zero-order chi connectivity index (χ0) is 26.5. The van der Waals surface area contributed by atoms with E-state index < -0.39 is 16.9 Å². The normalized spacial score (nSPS) is 13.5. The van der Waals surface area contributed by atoms with Crippen LogP contribution in [0.2, 0.25) is 0 Å². The Labute approximate surface area is 221 Å². The van der Waals surface area contributed by atoms with Crippen LogP contribution in [0.5, 0.6) is 0 Å². The number of nitriles is 1. The minimum Gasteiger partial charge on any atom is -0.342 e. The number of benzene rings is 1. The van der Waals surface area contributed by atoms with Gasteiger partial charge in [-0.05, 0) is 43.2 Å². The second-order valence-corrected chi connectivity index (χ2v) is 10.9. The van der Waals surface area contributed by atoms with E-state index in [1.165, 1.54) is 40.5 Å². The lowest BCUT2D eigenvalue weighted by Crippen LogP contribution is -2.32. The van der Waals surface area contributed by atoms with Gasteiger partial charge >= 0.3 is 0 Å². The van der Waals surface area contributed by atoms with Crippen LogP contribution in [0.25, 0.3) is 0 Å². The molecule has 2 amide bonds. The van der Waals surface area contributed by atoms with Crippen molar-refractivity contribution in [2.24, 2.45) is 5.92 Å². The highest BCUT2D eigenvalue weighted by atomic mass is 32.2. The summed E-state index contributed by atoms with van der Waals surface area (Å²) >= 11 is 2.61. The van der Waals surface area contributed by atoms with E-state index in [2.05, 4.69) is 31.9 Å². The van der Waals surface area contributed by atoms with Gasteiger partial charge in [-0.3, -0.25) is 24.8 Å². The Morgan fingerprint density at radius 2 is 2.11 bits per heavy atom. The summed E-state index contributed by atoms with van der Waals surface area (Å²) in [5.74, 6) is -0.331. The molecule has 0 radical (unpaired) electrons. The maximum atomic E-state index is 12.8. The Bertz CT molecular complexity index is 1380. The number of hydrogen-bond donors (Lipinski definition) is 3. The molecule has 1 atom stereocenters. The molecule has 13 heteroatoms. The molecular weight excluding hydrogens is 514 g/mol. The first-order valence-corrected chi connectivity index (χ1v) is 13.5. The lowest BCUT2D eigenvalue weighted by Gasteiger charge is -2.19. The molecule has 1 aliphatic carbocycles. The van der Waals surface area contributed by atoms with Gasteiger partial charge in [-0.2, -0.15) is 5.26 Å². The molecule has 2 heterocycles. The Balaban J connectivity index is 1.38. The fourth-order valence-corrected chi connectivity index (χ4v) is 5.92. The first kappa shape index (κ1) is 26.3. The van der Waals surface area contributed by atoms with Crippen LogP contribution in [0.3, 0.4) is 0 Å². The maximum absolute atomic E-state index is 12.8. The van der Waals surface area contributed by atoms with Crippen LogP contribution < -0.4 is 10.6 Å². The molecule has 0 unspecified atom stereocenters. The smallest absolute Gasteiger partial charge is 0.270 e. The summed E-state index contributed by atoms with van der Waals surface area (Å²) in [6, 6.07) is 7.20. The average molecular weight is 540 g/mol. The number of thioether (sulfide) groups is 1. The van der Waals surface area contributed by atoms with Crippen LogP contribution in [0.15, 0.2) is 29.4 Å². The quantitative estimate of drug-likeness (QED) is 0.204. The van der Waals surface area contributed by atoms with Crippen molar-refractivity contribution in [3.63, 3.8) is 0 Å². The molecule has 37 heavy (non-hydrogen) atoms. The molecule has 1 aliphatic rings. The number of aromatic amines is 1. The fraction of sp³-hybridized carbons (Fsp3) is 0.375. The number of carbonyl (C=O) groups is 2. The molecule has 0 fully saturated rings. The third kappa shape index (κ3) is 6.15. The molecule has 0 spiro atoms. The molecule has 11 nitrogen and oxygen atoms in total. The van der Waals surface area contributed by atoms with E-state index >= 15 is 0 Å². The van der Waals surface area contributed by atoms with Gasteiger partial charge in [0.1, 0.15) is 16.9 Å². The molecule has 1 aromatic carbocycles. The number of non-ortho nitro benzene ring substituents is 1. The van der Waals surface area contributed by atoms with Gasteiger partial charge in [-0.1, -0.05) is 31.7 Å². The Hall–Kier alpha value is -3.76. The molecule has 3 aromatic rings. The number of anilines is 1. The summed E-state index contributed by atoms with van der Waals surface area (Å²) in [6.45, 7) is 3.79. The molecular formula is C24H25N7O4S2. The van der Waals surface area contributed by atoms with E-state index in [4.69, 9.17) is 0 Å². The highest BCUT2D eigenvalue weighted by molar-refractivity contribution is 7.99. The van der Waals surface area contributed by atoms with E-state index in [1.54, 1.807) is 0 Å². The minimum absolute atomic E-state index is 0.0527. The summed E-state index contributed by atoms with van der Waals surface area (Å²) in [6.07, 6.45) is 3.96. The third-order valence-electron chi connectivity index (χ3n) is 5.92. The molecule has 3 N–H and O–H groups in total. The maximum Gasteiger partial charge on any atom is 0.270 e. The highest BCUT2D eigenvalue weighted by Gasteiger charge is 2.25. The van der Waals surface area contributed by atoms with Crippen LogP contribution in [0.1, 0.15) is 64.9 Å². The van der Waals surface area contributed by atoms with Crippen molar-refractivity contribution in [1.29, 1.82) is 5.26 Å². The number of aryl methyl sites for hydroxylation is 1. The van der Waals surface area contributed by atoms with E-state index in [0.717, 1.165) is 43.0 Å². The Morgan fingerprint density at radius 3 is 2.84 bits per heavy atom. The van der Waals surface area contributed by atoms with E-state index in [1.807, 2.05) is 13.8 Å². The zero-order valence-corrected chi connectivity index (χ0v) is 21.9. The summed E-state index contributed by atoms with van der Waals surface area (Å²) in [4.78, 5) is 41.4. The van der Waals surface area contributed by atoms with Crippen molar-refractivity contribution in [2.75, 3.05) is 11.1 Å². The number of thiophene rings is 1. The molecule has 2 aromatic heterocycles. The summed E-state index contributed by atoms with van der Waals surface area (Å²) in [5, 5.41) is 34.2. The number of nitrogens with zero attached hydrogens (tertiary/aromatic N) is 4. The molecule has 0 saturated carbocycles. The predicted molar refractivity (Wildman–Crippen MR) is 140 cm³/mol. The number of rotatable bonds is 9. The third-order valence-corrected chi connectivity index (χ3v) is 7.97. The summed E-state index contributed by atoms with van der Waals surface area (Å²) in [7, 11) is 0. The monoisotopic (exact) mass is 539 g/mol. The van der Waals surface area contributed by atoms with Gasteiger partial charge in [0.2, 0.25) is 11.1 Å². The largest absolute Gasteiger partial charge is 0.342 e. The molecule has 192 valence electrons. The Kier molecular flexibility index (Phi) is 8.20. The van der Waals surface area contributed by atoms with Crippen molar-refractivity contribution in [3.8, 4) is 6.07 Å². The fourth-order valence-electron chi connectivity index (χ4n) is 4.06. The van der Waals surface area contributed by atoms with Gasteiger partial charge in [0.05, 0.1) is 22.3 Å². The standard InChI is InChI=1S/C24H25N7O4S2/c1-13(2)20(27-22(33)14-6-5-7-15(10-14)31(34)35)21-28-24(30-29-21)36-12-19(32)26-23-17(11-25)16-8-3-4-9-18(16)37-23/h5-7,10,13,20H,3-4,8-9,12H2,1-2H3,(H,26,32)(H,27,33)(H,28,29,30)/t20-/m1/s1. The van der Waals surface area contributed by atoms with E-state index in [0.29, 0.717) is 21.5 Å². The first-order chi connectivity index (χ1) is 17.8.